The summed E-state index contributed by atoms with van der Waals surface area (Å²) in [6, 6.07) is 7.66. The summed E-state index contributed by atoms with van der Waals surface area (Å²) in [5, 5.41) is 0.707. The van der Waals surface area contributed by atoms with Crippen LogP contribution in [-0.4, -0.2) is 11.3 Å². The van der Waals surface area contributed by atoms with E-state index in [1.54, 1.807) is 0 Å². The number of nitrogens with two attached hydrogens (primary N) is 1. The van der Waals surface area contributed by atoms with E-state index < -0.39 is 5.54 Å². The predicted molar refractivity (Wildman–Crippen MR) is 65.6 cm³/mol. The van der Waals surface area contributed by atoms with Crippen LogP contribution in [0.1, 0.15) is 37.7 Å². The molecule has 1 aromatic rings. The van der Waals surface area contributed by atoms with Crippen LogP contribution in [0, 0.1) is 0 Å². The summed E-state index contributed by atoms with van der Waals surface area (Å²) >= 11 is 6.17. The van der Waals surface area contributed by atoms with E-state index in [-0.39, 0.29) is 11.7 Å². The second kappa shape index (κ2) is 4.19. The van der Waals surface area contributed by atoms with Gasteiger partial charge in [-0.25, -0.2) is 0 Å². The van der Waals surface area contributed by atoms with Gasteiger partial charge in [-0.15, -0.1) is 0 Å². The third kappa shape index (κ3) is 1.87. The van der Waals surface area contributed by atoms with Gasteiger partial charge in [0.25, 0.3) is 0 Å². The topological polar surface area (TPSA) is 43.1 Å². The molecule has 0 heterocycles. The van der Waals surface area contributed by atoms with Gasteiger partial charge in [-0.1, -0.05) is 29.8 Å². The zero-order chi connectivity index (χ0) is 11.8. The van der Waals surface area contributed by atoms with Gasteiger partial charge in [0, 0.05) is 17.4 Å². The van der Waals surface area contributed by atoms with Crippen molar-refractivity contribution in [2.45, 2.75) is 37.6 Å². The Morgan fingerprint density at radius 2 is 2.12 bits per heavy atom. The number of carbonyl (C=O) groups is 1. The van der Waals surface area contributed by atoms with E-state index in [9.17, 15) is 4.79 Å². The second-order valence-corrected chi connectivity index (χ2v) is 5.08. The highest BCUT2D eigenvalue weighted by Crippen LogP contribution is 2.39. The molecule has 1 fully saturated rings. The summed E-state index contributed by atoms with van der Waals surface area (Å²) in [5.41, 5.74) is 6.39. The lowest BCUT2D eigenvalue weighted by Gasteiger charge is -2.37. The fourth-order valence-corrected chi connectivity index (χ4v) is 2.73. The number of halogens is 1. The molecule has 2 rings (SSSR count). The SMILES string of the molecule is CC1(N)C(=O)CCCC1c1ccccc1Cl. The Hall–Kier alpha value is -0.860. The maximum atomic E-state index is 11.8. The van der Waals surface area contributed by atoms with Crippen molar-refractivity contribution in [1.82, 2.24) is 0 Å². The summed E-state index contributed by atoms with van der Waals surface area (Å²) in [6.45, 7) is 1.82. The van der Waals surface area contributed by atoms with Crippen LogP contribution in [0.4, 0.5) is 0 Å². The lowest BCUT2D eigenvalue weighted by atomic mass is 9.70. The highest BCUT2D eigenvalue weighted by molar-refractivity contribution is 6.31. The minimum Gasteiger partial charge on any atom is -0.319 e. The molecule has 2 unspecified atom stereocenters. The molecule has 0 aliphatic heterocycles. The zero-order valence-electron chi connectivity index (χ0n) is 9.37. The second-order valence-electron chi connectivity index (χ2n) is 4.67. The van der Waals surface area contributed by atoms with Crippen molar-refractivity contribution in [1.29, 1.82) is 0 Å². The Labute approximate surface area is 101 Å². The number of hydrogen-bond donors (Lipinski definition) is 1. The molecular formula is C13H16ClNO. The molecule has 0 radical (unpaired) electrons. The summed E-state index contributed by atoms with van der Waals surface area (Å²) < 4.78 is 0. The minimum absolute atomic E-state index is 0.0439. The third-order valence-electron chi connectivity index (χ3n) is 3.50. The zero-order valence-corrected chi connectivity index (χ0v) is 10.1. The Morgan fingerprint density at radius 3 is 2.81 bits per heavy atom. The molecule has 0 spiro atoms. The number of Topliss-reactive ketones (excluding diaryl/α,β-unsaturated/α-hetero) is 1. The molecule has 16 heavy (non-hydrogen) atoms. The van der Waals surface area contributed by atoms with Gasteiger partial charge in [0.2, 0.25) is 0 Å². The van der Waals surface area contributed by atoms with Gasteiger partial charge < -0.3 is 5.73 Å². The summed E-state index contributed by atoms with van der Waals surface area (Å²) in [4.78, 5) is 11.8. The van der Waals surface area contributed by atoms with Crippen molar-refractivity contribution in [2.24, 2.45) is 5.73 Å². The average molecular weight is 238 g/mol. The highest BCUT2D eigenvalue weighted by atomic mass is 35.5. The van der Waals surface area contributed by atoms with Gasteiger partial charge in [0.15, 0.2) is 5.78 Å². The number of benzene rings is 1. The largest absolute Gasteiger partial charge is 0.319 e. The van der Waals surface area contributed by atoms with Gasteiger partial charge in [0.1, 0.15) is 0 Å². The third-order valence-corrected chi connectivity index (χ3v) is 3.85. The first-order chi connectivity index (χ1) is 7.53. The normalized spacial score (nSPS) is 30.4. The number of hydrogen-bond acceptors (Lipinski definition) is 2. The summed E-state index contributed by atoms with van der Waals surface area (Å²) in [7, 11) is 0. The Kier molecular flexibility index (Phi) is 3.04. The van der Waals surface area contributed by atoms with Crippen molar-refractivity contribution in [2.75, 3.05) is 0 Å². The lowest BCUT2D eigenvalue weighted by molar-refractivity contribution is -0.126. The quantitative estimate of drug-likeness (QED) is 0.816. The van der Waals surface area contributed by atoms with E-state index in [0.29, 0.717) is 11.4 Å². The Bertz CT molecular complexity index is 414. The fourth-order valence-electron chi connectivity index (χ4n) is 2.47. The molecule has 0 amide bonds. The fraction of sp³-hybridized carbons (Fsp3) is 0.462. The maximum absolute atomic E-state index is 11.8. The van der Waals surface area contributed by atoms with E-state index in [4.69, 9.17) is 17.3 Å². The first kappa shape index (κ1) is 11.6. The van der Waals surface area contributed by atoms with Gasteiger partial charge in [-0.05, 0) is 31.4 Å². The molecule has 1 aromatic carbocycles. The molecule has 3 heteroatoms. The smallest absolute Gasteiger partial charge is 0.152 e. The van der Waals surface area contributed by atoms with Crippen LogP contribution in [0.5, 0.6) is 0 Å². The summed E-state index contributed by atoms with van der Waals surface area (Å²) in [6.07, 6.45) is 2.43. The van der Waals surface area contributed by atoms with Crippen molar-refractivity contribution in [3.8, 4) is 0 Å². The van der Waals surface area contributed by atoms with Crippen LogP contribution in [0.3, 0.4) is 0 Å². The molecule has 0 saturated heterocycles. The van der Waals surface area contributed by atoms with Crippen LogP contribution in [0.15, 0.2) is 24.3 Å². The number of carbonyl (C=O) groups excluding carboxylic acids is 1. The highest BCUT2D eigenvalue weighted by Gasteiger charge is 2.41. The number of ketones is 1. The Morgan fingerprint density at radius 1 is 1.44 bits per heavy atom. The van der Waals surface area contributed by atoms with Gasteiger partial charge in [-0.3, -0.25) is 4.79 Å². The van der Waals surface area contributed by atoms with Crippen molar-refractivity contribution in [3.05, 3.63) is 34.9 Å². The van der Waals surface area contributed by atoms with Gasteiger partial charge in [-0.2, -0.15) is 0 Å². The van der Waals surface area contributed by atoms with Crippen LogP contribution >= 0.6 is 11.6 Å². The standard InChI is InChI=1S/C13H16ClNO/c1-13(15)10(6-4-8-12(13)16)9-5-2-3-7-11(9)14/h2-3,5,7,10H,4,6,8,15H2,1H3. The van der Waals surface area contributed by atoms with Crippen molar-refractivity contribution in [3.63, 3.8) is 0 Å². The monoisotopic (exact) mass is 237 g/mol. The molecule has 86 valence electrons. The van der Waals surface area contributed by atoms with Gasteiger partial charge >= 0.3 is 0 Å². The van der Waals surface area contributed by atoms with Crippen molar-refractivity contribution < 1.29 is 4.79 Å². The predicted octanol–water partition coefficient (Wildman–Crippen LogP) is 2.89. The molecule has 2 N–H and O–H groups in total. The molecular weight excluding hydrogens is 222 g/mol. The first-order valence-electron chi connectivity index (χ1n) is 5.60. The van der Waals surface area contributed by atoms with E-state index in [1.165, 1.54) is 0 Å². The van der Waals surface area contributed by atoms with E-state index in [2.05, 4.69) is 0 Å². The lowest BCUT2D eigenvalue weighted by Crippen LogP contribution is -2.52. The average Bonchev–Trinajstić information content (AvgIpc) is 2.24. The summed E-state index contributed by atoms with van der Waals surface area (Å²) in [5.74, 6) is 0.186. The molecule has 1 saturated carbocycles. The van der Waals surface area contributed by atoms with Crippen LogP contribution in [0.2, 0.25) is 5.02 Å². The van der Waals surface area contributed by atoms with E-state index in [1.807, 2.05) is 31.2 Å². The van der Waals surface area contributed by atoms with Crippen LogP contribution in [-0.2, 0) is 4.79 Å². The molecule has 0 aromatic heterocycles. The maximum Gasteiger partial charge on any atom is 0.152 e. The van der Waals surface area contributed by atoms with Crippen LogP contribution < -0.4 is 5.73 Å². The van der Waals surface area contributed by atoms with E-state index >= 15 is 0 Å². The molecule has 1 aliphatic rings. The molecule has 0 bridgehead atoms. The molecule has 2 nitrogen and oxygen atoms in total. The van der Waals surface area contributed by atoms with Crippen LogP contribution in [0.25, 0.3) is 0 Å². The first-order valence-corrected chi connectivity index (χ1v) is 5.98. The molecule has 1 aliphatic carbocycles. The Balaban J connectivity index is 2.40. The number of rotatable bonds is 1. The molecule has 2 atom stereocenters. The van der Waals surface area contributed by atoms with E-state index in [0.717, 1.165) is 18.4 Å². The van der Waals surface area contributed by atoms with Crippen molar-refractivity contribution >= 4 is 17.4 Å². The van der Waals surface area contributed by atoms with Gasteiger partial charge in [0.05, 0.1) is 5.54 Å². The minimum atomic E-state index is -0.775.